The average molecular weight is 429 g/mol. The highest BCUT2D eigenvalue weighted by atomic mass is 35.5. The molecule has 1 aliphatic rings. The van der Waals surface area contributed by atoms with Crippen molar-refractivity contribution >= 4 is 35.1 Å². The molecule has 158 valence electrons. The topological polar surface area (TPSA) is 75.7 Å². The van der Waals surface area contributed by atoms with E-state index in [9.17, 15) is 14.4 Å². The summed E-state index contributed by atoms with van der Waals surface area (Å²) in [6, 6.07) is 13.4. The van der Waals surface area contributed by atoms with Gasteiger partial charge < -0.3 is 15.0 Å². The second kappa shape index (κ2) is 10.3. The van der Waals surface area contributed by atoms with E-state index in [0.29, 0.717) is 41.5 Å². The number of anilines is 1. The Labute approximate surface area is 181 Å². The van der Waals surface area contributed by atoms with E-state index in [0.717, 1.165) is 19.3 Å². The number of esters is 1. The highest BCUT2D eigenvalue weighted by Gasteiger charge is 2.29. The molecular formula is C23H25ClN2O4. The van der Waals surface area contributed by atoms with Crippen molar-refractivity contribution in [3.63, 3.8) is 0 Å². The summed E-state index contributed by atoms with van der Waals surface area (Å²) in [5.41, 5.74) is 1.61. The standard InChI is InChI=1S/C23H25ClN2O4/c1-2-14-30-23(29)17-7-11-20(12-8-17)25-21(27)18-4-3-13-26(15-18)22(28)16-5-9-19(24)10-6-16/h5-12,18H,2-4,13-15H2,1H3,(H,25,27). The first-order valence-corrected chi connectivity index (χ1v) is 10.5. The van der Waals surface area contributed by atoms with Crippen molar-refractivity contribution in [3.05, 3.63) is 64.7 Å². The Hall–Kier alpha value is -2.86. The predicted molar refractivity (Wildman–Crippen MR) is 116 cm³/mol. The molecule has 1 saturated heterocycles. The lowest BCUT2D eigenvalue weighted by atomic mass is 9.96. The van der Waals surface area contributed by atoms with Gasteiger partial charge in [-0.05, 0) is 67.8 Å². The summed E-state index contributed by atoms with van der Waals surface area (Å²) in [5.74, 6) is -0.897. The van der Waals surface area contributed by atoms with Gasteiger partial charge in [0.15, 0.2) is 0 Å². The van der Waals surface area contributed by atoms with Crippen LogP contribution in [0.3, 0.4) is 0 Å². The second-order valence-electron chi connectivity index (χ2n) is 7.30. The molecule has 0 saturated carbocycles. The molecule has 1 unspecified atom stereocenters. The van der Waals surface area contributed by atoms with Crippen LogP contribution in [-0.2, 0) is 9.53 Å². The number of nitrogens with zero attached hydrogens (tertiary/aromatic N) is 1. The summed E-state index contributed by atoms with van der Waals surface area (Å²) in [4.78, 5) is 39.0. The fourth-order valence-electron chi connectivity index (χ4n) is 3.36. The Morgan fingerprint density at radius 1 is 1.07 bits per heavy atom. The average Bonchev–Trinajstić information content (AvgIpc) is 2.78. The predicted octanol–water partition coefficient (Wildman–Crippen LogP) is 4.40. The molecule has 3 rings (SSSR count). The van der Waals surface area contributed by atoms with Gasteiger partial charge in [-0.15, -0.1) is 0 Å². The number of carbonyl (C=O) groups is 3. The van der Waals surface area contributed by atoms with Crippen molar-refractivity contribution in [2.45, 2.75) is 26.2 Å². The number of hydrogen-bond acceptors (Lipinski definition) is 4. The molecular weight excluding hydrogens is 404 g/mol. The molecule has 1 aliphatic heterocycles. The first-order valence-electron chi connectivity index (χ1n) is 10.1. The van der Waals surface area contributed by atoms with Crippen LogP contribution in [0.5, 0.6) is 0 Å². The molecule has 1 atom stereocenters. The number of benzene rings is 2. The largest absolute Gasteiger partial charge is 0.462 e. The van der Waals surface area contributed by atoms with Crippen LogP contribution in [0.2, 0.25) is 5.02 Å². The first kappa shape index (κ1) is 21.8. The maximum Gasteiger partial charge on any atom is 0.338 e. The summed E-state index contributed by atoms with van der Waals surface area (Å²) < 4.78 is 5.10. The van der Waals surface area contributed by atoms with Crippen LogP contribution in [0.15, 0.2) is 48.5 Å². The van der Waals surface area contributed by atoms with Gasteiger partial charge in [-0.2, -0.15) is 0 Å². The fraction of sp³-hybridized carbons (Fsp3) is 0.348. The number of nitrogens with one attached hydrogen (secondary N) is 1. The van der Waals surface area contributed by atoms with E-state index in [1.54, 1.807) is 53.4 Å². The smallest absolute Gasteiger partial charge is 0.338 e. The molecule has 0 spiro atoms. The number of rotatable bonds is 6. The van der Waals surface area contributed by atoms with E-state index in [1.807, 2.05) is 6.92 Å². The molecule has 1 heterocycles. The van der Waals surface area contributed by atoms with Gasteiger partial charge in [0.25, 0.3) is 5.91 Å². The Bertz CT molecular complexity index is 896. The number of carbonyl (C=O) groups excluding carboxylic acids is 3. The molecule has 30 heavy (non-hydrogen) atoms. The number of amides is 2. The molecule has 6 nitrogen and oxygen atoms in total. The van der Waals surface area contributed by atoms with Crippen LogP contribution in [0.25, 0.3) is 0 Å². The number of likely N-dealkylation sites (tertiary alicyclic amines) is 1. The molecule has 2 amide bonds. The minimum atomic E-state index is -0.377. The van der Waals surface area contributed by atoms with Crippen LogP contribution in [0, 0.1) is 5.92 Å². The summed E-state index contributed by atoms with van der Waals surface area (Å²) in [5, 5.41) is 3.46. The van der Waals surface area contributed by atoms with Crippen molar-refractivity contribution in [1.29, 1.82) is 0 Å². The zero-order chi connectivity index (χ0) is 21.5. The van der Waals surface area contributed by atoms with Crippen molar-refractivity contribution in [3.8, 4) is 0 Å². The third-order valence-corrected chi connectivity index (χ3v) is 5.25. The third-order valence-electron chi connectivity index (χ3n) is 5.00. The second-order valence-corrected chi connectivity index (χ2v) is 7.74. The third kappa shape index (κ3) is 5.60. The van der Waals surface area contributed by atoms with Gasteiger partial charge in [0.1, 0.15) is 0 Å². The summed E-state index contributed by atoms with van der Waals surface area (Å²) in [6.45, 7) is 3.31. The van der Waals surface area contributed by atoms with Gasteiger partial charge in [0.2, 0.25) is 5.91 Å². The maximum atomic E-state index is 12.7. The van der Waals surface area contributed by atoms with Crippen LogP contribution in [0.4, 0.5) is 5.69 Å². The molecule has 0 bridgehead atoms. The minimum absolute atomic E-state index is 0.0980. The SMILES string of the molecule is CCCOC(=O)c1ccc(NC(=O)C2CCCN(C(=O)c3ccc(Cl)cc3)C2)cc1. The van der Waals surface area contributed by atoms with Crippen LogP contribution in [0.1, 0.15) is 46.9 Å². The monoisotopic (exact) mass is 428 g/mol. The molecule has 0 radical (unpaired) electrons. The van der Waals surface area contributed by atoms with Gasteiger partial charge in [0, 0.05) is 29.4 Å². The van der Waals surface area contributed by atoms with E-state index in [4.69, 9.17) is 16.3 Å². The van der Waals surface area contributed by atoms with E-state index in [-0.39, 0.29) is 23.7 Å². The van der Waals surface area contributed by atoms with E-state index in [2.05, 4.69) is 5.32 Å². The quantitative estimate of drug-likeness (QED) is 0.692. The molecule has 1 N–H and O–H groups in total. The Morgan fingerprint density at radius 3 is 2.40 bits per heavy atom. The van der Waals surface area contributed by atoms with Gasteiger partial charge in [0.05, 0.1) is 18.1 Å². The molecule has 7 heteroatoms. The van der Waals surface area contributed by atoms with Gasteiger partial charge in [-0.1, -0.05) is 18.5 Å². The highest BCUT2D eigenvalue weighted by Crippen LogP contribution is 2.21. The van der Waals surface area contributed by atoms with Crippen molar-refractivity contribution in [2.75, 3.05) is 25.0 Å². The normalized spacial score (nSPS) is 16.1. The van der Waals surface area contributed by atoms with Gasteiger partial charge in [-0.3, -0.25) is 9.59 Å². The number of piperidine rings is 1. The fourth-order valence-corrected chi connectivity index (χ4v) is 3.49. The zero-order valence-electron chi connectivity index (χ0n) is 16.9. The van der Waals surface area contributed by atoms with Crippen molar-refractivity contribution < 1.29 is 19.1 Å². The van der Waals surface area contributed by atoms with E-state index >= 15 is 0 Å². The number of hydrogen-bond donors (Lipinski definition) is 1. The zero-order valence-corrected chi connectivity index (χ0v) is 17.7. The Balaban J connectivity index is 1.58. The molecule has 2 aromatic carbocycles. The molecule has 2 aromatic rings. The Kier molecular flexibility index (Phi) is 7.46. The van der Waals surface area contributed by atoms with Crippen molar-refractivity contribution in [1.82, 2.24) is 4.90 Å². The van der Waals surface area contributed by atoms with Crippen molar-refractivity contribution in [2.24, 2.45) is 5.92 Å². The van der Waals surface area contributed by atoms with E-state index in [1.165, 1.54) is 0 Å². The number of halogens is 1. The molecule has 0 aliphatic carbocycles. The Morgan fingerprint density at radius 2 is 1.73 bits per heavy atom. The lowest BCUT2D eigenvalue weighted by Crippen LogP contribution is -2.43. The van der Waals surface area contributed by atoms with E-state index < -0.39 is 0 Å². The van der Waals surface area contributed by atoms with Gasteiger partial charge in [-0.25, -0.2) is 4.79 Å². The summed E-state index contributed by atoms with van der Waals surface area (Å²) in [7, 11) is 0. The summed E-state index contributed by atoms with van der Waals surface area (Å²) >= 11 is 5.89. The van der Waals surface area contributed by atoms with Gasteiger partial charge >= 0.3 is 5.97 Å². The van der Waals surface area contributed by atoms with Crippen LogP contribution >= 0.6 is 11.6 Å². The number of ether oxygens (including phenoxy) is 1. The summed E-state index contributed by atoms with van der Waals surface area (Å²) in [6.07, 6.45) is 2.25. The molecule has 0 aromatic heterocycles. The van der Waals surface area contributed by atoms with Crippen LogP contribution in [-0.4, -0.2) is 42.4 Å². The maximum absolute atomic E-state index is 12.7. The molecule has 1 fully saturated rings. The van der Waals surface area contributed by atoms with Crippen LogP contribution < -0.4 is 5.32 Å². The lowest BCUT2D eigenvalue weighted by molar-refractivity contribution is -0.121. The highest BCUT2D eigenvalue weighted by molar-refractivity contribution is 6.30. The lowest BCUT2D eigenvalue weighted by Gasteiger charge is -2.32. The first-order chi connectivity index (χ1) is 14.5. The minimum Gasteiger partial charge on any atom is -0.462 e.